The van der Waals surface area contributed by atoms with Crippen LogP contribution in [0.2, 0.25) is 0 Å². The van der Waals surface area contributed by atoms with Gasteiger partial charge in [0.25, 0.3) is 0 Å². The van der Waals surface area contributed by atoms with E-state index in [-0.39, 0.29) is 0 Å². The third kappa shape index (κ3) is 3.70. The molecule has 2 aliphatic heterocycles. The Kier molecular flexibility index (Phi) is 5.03. The smallest absolute Gasteiger partial charge is 0.0507 e. The average molecular weight is 227 g/mol. The van der Waals surface area contributed by atoms with Crippen LogP contribution in [0.5, 0.6) is 0 Å². The molecule has 2 rings (SSSR count). The van der Waals surface area contributed by atoms with Crippen molar-refractivity contribution in [3.8, 4) is 0 Å². The lowest BCUT2D eigenvalue weighted by molar-refractivity contribution is 0.110. The Hall–Kier alpha value is -0.160. The van der Waals surface area contributed by atoms with Crippen molar-refractivity contribution in [2.24, 2.45) is 11.7 Å². The highest BCUT2D eigenvalue weighted by molar-refractivity contribution is 4.76. The molecule has 4 nitrogen and oxygen atoms in total. The van der Waals surface area contributed by atoms with E-state index in [1.807, 2.05) is 0 Å². The summed E-state index contributed by atoms with van der Waals surface area (Å²) < 4.78 is 5.42. The average Bonchev–Trinajstić information content (AvgIpc) is 2.81. The highest BCUT2D eigenvalue weighted by Gasteiger charge is 2.22. The zero-order chi connectivity index (χ0) is 11.2. The summed E-state index contributed by atoms with van der Waals surface area (Å²) in [5.74, 6) is 0.788. The second kappa shape index (κ2) is 6.55. The Balaban J connectivity index is 1.60. The van der Waals surface area contributed by atoms with E-state index in [4.69, 9.17) is 10.5 Å². The summed E-state index contributed by atoms with van der Waals surface area (Å²) in [4.78, 5) is 5.13. The van der Waals surface area contributed by atoms with Crippen molar-refractivity contribution in [2.45, 2.75) is 12.8 Å². The molecule has 2 saturated heterocycles. The van der Waals surface area contributed by atoms with Crippen molar-refractivity contribution in [2.75, 3.05) is 59.0 Å². The number of rotatable bonds is 5. The highest BCUT2D eigenvalue weighted by atomic mass is 16.5. The standard InChI is InChI=1S/C12H25N3O/c13-3-1-4-14-5-7-15(8-6-14)10-12-2-9-16-11-12/h12H,1-11,13H2. The Morgan fingerprint density at radius 3 is 2.50 bits per heavy atom. The molecule has 0 aliphatic carbocycles. The fraction of sp³-hybridized carbons (Fsp3) is 1.00. The molecule has 0 bridgehead atoms. The molecule has 0 saturated carbocycles. The van der Waals surface area contributed by atoms with Crippen LogP contribution >= 0.6 is 0 Å². The Bertz CT molecular complexity index is 187. The lowest BCUT2D eigenvalue weighted by Crippen LogP contribution is -2.48. The molecule has 0 amide bonds. The first-order valence-corrected chi connectivity index (χ1v) is 6.61. The van der Waals surface area contributed by atoms with Crippen LogP contribution in [0.25, 0.3) is 0 Å². The molecular formula is C12H25N3O. The molecule has 0 spiro atoms. The predicted molar refractivity (Wildman–Crippen MR) is 65.5 cm³/mol. The van der Waals surface area contributed by atoms with Crippen LogP contribution in [0.1, 0.15) is 12.8 Å². The minimum atomic E-state index is 0.788. The highest BCUT2D eigenvalue weighted by Crippen LogP contribution is 2.15. The summed E-state index contributed by atoms with van der Waals surface area (Å²) >= 11 is 0. The number of piperazine rings is 1. The Morgan fingerprint density at radius 1 is 1.12 bits per heavy atom. The Morgan fingerprint density at radius 2 is 1.88 bits per heavy atom. The van der Waals surface area contributed by atoms with Gasteiger partial charge in [0, 0.05) is 39.3 Å². The molecule has 2 aliphatic rings. The van der Waals surface area contributed by atoms with Gasteiger partial charge in [0.15, 0.2) is 0 Å². The van der Waals surface area contributed by atoms with Crippen molar-refractivity contribution in [1.29, 1.82) is 0 Å². The summed E-state index contributed by atoms with van der Waals surface area (Å²) in [6, 6.07) is 0. The molecule has 1 atom stereocenters. The summed E-state index contributed by atoms with van der Waals surface area (Å²) in [6.07, 6.45) is 2.39. The van der Waals surface area contributed by atoms with Crippen LogP contribution in [0.3, 0.4) is 0 Å². The molecule has 2 N–H and O–H groups in total. The van der Waals surface area contributed by atoms with Crippen molar-refractivity contribution in [1.82, 2.24) is 9.80 Å². The number of hydrogen-bond acceptors (Lipinski definition) is 4. The van der Waals surface area contributed by atoms with Crippen LogP contribution in [0.15, 0.2) is 0 Å². The molecule has 1 unspecified atom stereocenters. The van der Waals surface area contributed by atoms with E-state index in [0.717, 1.165) is 32.1 Å². The van der Waals surface area contributed by atoms with Gasteiger partial charge in [-0.25, -0.2) is 0 Å². The first-order chi connectivity index (χ1) is 7.88. The number of nitrogens with two attached hydrogens (primary N) is 1. The molecule has 16 heavy (non-hydrogen) atoms. The van der Waals surface area contributed by atoms with Crippen molar-refractivity contribution < 1.29 is 4.74 Å². The van der Waals surface area contributed by atoms with Crippen LogP contribution in [0, 0.1) is 5.92 Å². The van der Waals surface area contributed by atoms with Gasteiger partial charge in [0.05, 0.1) is 6.61 Å². The SMILES string of the molecule is NCCCN1CCN(CC2CCOC2)CC1. The summed E-state index contributed by atoms with van der Waals surface area (Å²) in [6.45, 7) is 10.1. The molecule has 2 fully saturated rings. The normalized spacial score (nSPS) is 28.7. The molecule has 4 heteroatoms. The van der Waals surface area contributed by atoms with Gasteiger partial charge in [0.2, 0.25) is 0 Å². The second-order valence-electron chi connectivity index (χ2n) is 5.01. The van der Waals surface area contributed by atoms with E-state index in [1.54, 1.807) is 0 Å². The monoisotopic (exact) mass is 227 g/mol. The van der Waals surface area contributed by atoms with Crippen molar-refractivity contribution in [3.63, 3.8) is 0 Å². The third-order valence-electron chi connectivity index (χ3n) is 3.68. The minimum absolute atomic E-state index is 0.788. The molecular weight excluding hydrogens is 202 g/mol. The maximum absolute atomic E-state index is 5.53. The van der Waals surface area contributed by atoms with E-state index in [1.165, 1.54) is 45.7 Å². The summed E-state index contributed by atoms with van der Waals surface area (Å²) in [5.41, 5.74) is 5.53. The van der Waals surface area contributed by atoms with Gasteiger partial charge >= 0.3 is 0 Å². The molecule has 94 valence electrons. The fourth-order valence-electron chi connectivity index (χ4n) is 2.60. The van der Waals surface area contributed by atoms with Crippen LogP contribution in [-0.4, -0.2) is 68.8 Å². The largest absolute Gasteiger partial charge is 0.381 e. The number of nitrogens with zero attached hydrogens (tertiary/aromatic N) is 2. The molecule has 0 aromatic rings. The Labute approximate surface area is 98.7 Å². The van der Waals surface area contributed by atoms with Gasteiger partial charge in [-0.05, 0) is 31.8 Å². The zero-order valence-corrected chi connectivity index (χ0v) is 10.2. The summed E-state index contributed by atoms with van der Waals surface area (Å²) in [7, 11) is 0. The maximum Gasteiger partial charge on any atom is 0.0507 e. The fourth-order valence-corrected chi connectivity index (χ4v) is 2.60. The molecule has 0 aromatic carbocycles. The van der Waals surface area contributed by atoms with Gasteiger partial charge in [-0.15, -0.1) is 0 Å². The van der Waals surface area contributed by atoms with E-state index in [9.17, 15) is 0 Å². The van der Waals surface area contributed by atoms with E-state index in [0.29, 0.717) is 0 Å². The lowest BCUT2D eigenvalue weighted by atomic mass is 10.1. The van der Waals surface area contributed by atoms with E-state index < -0.39 is 0 Å². The molecule has 0 aromatic heterocycles. The third-order valence-corrected chi connectivity index (χ3v) is 3.68. The predicted octanol–water partition coefficient (Wildman–Crippen LogP) is -0.0107. The minimum Gasteiger partial charge on any atom is -0.381 e. The van der Waals surface area contributed by atoms with Gasteiger partial charge in [-0.3, -0.25) is 0 Å². The quantitative estimate of drug-likeness (QED) is 0.717. The molecule has 2 heterocycles. The van der Waals surface area contributed by atoms with Crippen LogP contribution < -0.4 is 5.73 Å². The van der Waals surface area contributed by atoms with E-state index >= 15 is 0 Å². The zero-order valence-electron chi connectivity index (χ0n) is 10.2. The second-order valence-corrected chi connectivity index (χ2v) is 5.01. The van der Waals surface area contributed by atoms with Gasteiger partial charge in [-0.1, -0.05) is 0 Å². The first kappa shape index (κ1) is 12.3. The summed E-state index contributed by atoms with van der Waals surface area (Å²) in [5, 5.41) is 0. The number of ether oxygens (including phenoxy) is 1. The van der Waals surface area contributed by atoms with Gasteiger partial charge < -0.3 is 20.3 Å². The van der Waals surface area contributed by atoms with E-state index in [2.05, 4.69) is 9.80 Å². The molecule has 0 radical (unpaired) electrons. The van der Waals surface area contributed by atoms with Gasteiger partial charge in [0.1, 0.15) is 0 Å². The van der Waals surface area contributed by atoms with Crippen molar-refractivity contribution in [3.05, 3.63) is 0 Å². The van der Waals surface area contributed by atoms with Gasteiger partial charge in [-0.2, -0.15) is 0 Å². The van der Waals surface area contributed by atoms with Crippen molar-refractivity contribution >= 4 is 0 Å². The van der Waals surface area contributed by atoms with Crippen LogP contribution in [0.4, 0.5) is 0 Å². The van der Waals surface area contributed by atoms with Crippen LogP contribution in [-0.2, 0) is 4.74 Å². The lowest BCUT2D eigenvalue weighted by Gasteiger charge is -2.35. The topological polar surface area (TPSA) is 41.7 Å². The maximum atomic E-state index is 5.53. The number of hydrogen-bond donors (Lipinski definition) is 1. The first-order valence-electron chi connectivity index (χ1n) is 6.61.